The first kappa shape index (κ1) is 20.8. The molecule has 0 aromatic rings. The fourth-order valence-corrected chi connectivity index (χ4v) is 1.57. The van der Waals surface area contributed by atoms with Gasteiger partial charge < -0.3 is 19.5 Å². The van der Waals surface area contributed by atoms with Gasteiger partial charge in [-0.1, -0.05) is 27.2 Å². The molecule has 0 heterocycles. The molecule has 0 spiro atoms. The van der Waals surface area contributed by atoms with Gasteiger partial charge in [0.25, 0.3) is 0 Å². The number of ether oxygens (including phenoxy) is 3. The summed E-state index contributed by atoms with van der Waals surface area (Å²) >= 11 is 0. The Balaban J connectivity index is 3.16. The molecule has 0 aliphatic carbocycles. The Bertz CT molecular complexity index is 237. The van der Waals surface area contributed by atoms with Crippen LogP contribution in [0.2, 0.25) is 0 Å². The fourth-order valence-electron chi connectivity index (χ4n) is 1.57. The molecule has 0 rings (SSSR count). The van der Waals surface area contributed by atoms with Crippen LogP contribution in [0.15, 0.2) is 0 Å². The first-order chi connectivity index (χ1) is 9.77. The third kappa shape index (κ3) is 16.0. The smallest absolute Gasteiger partial charge is 0.0701 e. The molecule has 0 atom stereocenters. The largest absolute Gasteiger partial charge is 0.379 e. The molecule has 0 saturated carbocycles. The summed E-state index contributed by atoms with van der Waals surface area (Å²) in [6.45, 7) is 18.3. The standard InChI is InChI=1S/C17H37NO3/c1-7-17(5,6)8-10-19-12-14-21-15-13-20-11-9-18-16(2,3)4/h18H,7-15H2,1-6H3. The third-order valence-electron chi connectivity index (χ3n) is 3.53. The van der Waals surface area contributed by atoms with Crippen molar-refractivity contribution in [1.82, 2.24) is 5.32 Å². The second kappa shape index (κ2) is 11.4. The van der Waals surface area contributed by atoms with E-state index in [0.29, 0.717) is 31.8 Å². The average molecular weight is 303 g/mol. The van der Waals surface area contributed by atoms with E-state index in [1.54, 1.807) is 0 Å². The summed E-state index contributed by atoms with van der Waals surface area (Å²) in [5.74, 6) is 0. The second-order valence-electron chi connectivity index (χ2n) is 7.28. The van der Waals surface area contributed by atoms with Crippen LogP contribution in [0.1, 0.15) is 54.4 Å². The summed E-state index contributed by atoms with van der Waals surface area (Å²) in [5, 5.41) is 3.38. The average Bonchev–Trinajstić information content (AvgIpc) is 2.38. The molecule has 0 amide bonds. The summed E-state index contributed by atoms with van der Waals surface area (Å²) in [4.78, 5) is 0. The monoisotopic (exact) mass is 303 g/mol. The molecule has 4 nitrogen and oxygen atoms in total. The van der Waals surface area contributed by atoms with E-state index >= 15 is 0 Å². The lowest BCUT2D eigenvalue weighted by atomic mass is 9.87. The lowest BCUT2D eigenvalue weighted by molar-refractivity contribution is 0.00960. The second-order valence-corrected chi connectivity index (χ2v) is 7.28. The van der Waals surface area contributed by atoms with E-state index in [1.807, 2.05) is 0 Å². The zero-order chi connectivity index (χ0) is 16.2. The summed E-state index contributed by atoms with van der Waals surface area (Å²) < 4.78 is 16.5. The fraction of sp³-hybridized carbons (Fsp3) is 1.00. The van der Waals surface area contributed by atoms with Crippen LogP contribution in [0, 0.1) is 5.41 Å². The van der Waals surface area contributed by atoms with Gasteiger partial charge in [0, 0.05) is 18.7 Å². The summed E-state index contributed by atoms with van der Waals surface area (Å²) in [6.07, 6.45) is 2.29. The Hall–Kier alpha value is -0.160. The molecule has 128 valence electrons. The molecule has 4 heteroatoms. The lowest BCUT2D eigenvalue weighted by Gasteiger charge is -2.22. The zero-order valence-electron chi connectivity index (χ0n) is 15.1. The highest BCUT2D eigenvalue weighted by Crippen LogP contribution is 2.23. The van der Waals surface area contributed by atoms with E-state index in [4.69, 9.17) is 14.2 Å². The van der Waals surface area contributed by atoms with Gasteiger partial charge in [-0.05, 0) is 32.6 Å². The minimum atomic E-state index is 0.156. The number of nitrogens with one attached hydrogen (secondary N) is 1. The van der Waals surface area contributed by atoms with Crippen LogP contribution in [0.4, 0.5) is 0 Å². The topological polar surface area (TPSA) is 39.7 Å². The van der Waals surface area contributed by atoms with Crippen molar-refractivity contribution in [2.45, 2.75) is 59.9 Å². The number of hydrogen-bond acceptors (Lipinski definition) is 4. The van der Waals surface area contributed by atoms with Gasteiger partial charge in [0.1, 0.15) is 0 Å². The van der Waals surface area contributed by atoms with E-state index in [-0.39, 0.29) is 5.54 Å². The molecule has 0 aliphatic heterocycles. The van der Waals surface area contributed by atoms with Crippen LogP contribution in [0.3, 0.4) is 0 Å². The normalized spacial score (nSPS) is 12.9. The maximum absolute atomic E-state index is 5.58. The van der Waals surface area contributed by atoms with Gasteiger partial charge in [0.15, 0.2) is 0 Å². The van der Waals surface area contributed by atoms with Crippen molar-refractivity contribution in [2.75, 3.05) is 46.2 Å². The molecule has 0 aromatic heterocycles. The molecule has 1 N–H and O–H groups in total. The van der Waals surface area contributed by atoms with Crippen molar-refractivity contribution >= 4 is 0 Å². The van der Waals surface area contributed by atoms with E-state index in [0.717, 1.165) is 26.2 Å². The van der Waals surface area contributed by atoms with Gasteiger partial charge in [0.05, 0.1) is 33.0 Å². The Morgan fingerprint density at radius 2 is 1.19 bits per heavy atom. The predicted molar refractivity (Wildman–Crippen MR) is 88.9 cm³/mol. The van der Waals surface area contributed by atoms with Crippen molar-refractivity contribution in [3.05, 3.63) is 0 Å². The lowest BCUT2D eigenvalue weighted by Crippen LogP contribution is -2.38. The Morgan fingerprint density at radius 3 is 1.67 bits per heavy atom. The minimum Gasteiger partial charge on any atom is -0.379 e. The van der Waals surface area contributed by atoms with E-state index < -0.39 is 0 Å². The van der Waals surface area contributed by atoms with Crippen molar-refractivity contribution in [3.63, 3.8) is 0 Å². The first-order valence-corrected chi connectivity index (χ1v) is 8.25. The molecule has 0 unspecified atom stereocenters. The number of rotatable bonds is 13. The summed E-state index contributed by atoms with van der Waals surface area (Å²) in [5.41, 5.74) is 0.541. The van der Waals surface area contributed by atoms with Crippen LogP contribution < -0.4 is 5.32 Å². The summed E-state index contributed by atoms with van der Waals surface area (Å²) in [7, 11) is 0. The predicted octanol–water partition coefficient (Wildman–Crippen LogP) is 3.25. The van der Waals surface area contributed by atoms with E-state index in [1.165, 1.54) is 6.42 Å². The van der Waals surface area contributed by atoms with Crippen molar-refractivity contribution in [3.8, 4) is 0 Å². The van der Waals surface area contributed by atoms with Crippen LogP contribution >= 0.6 is 0 Å². The van der Waals surface area contributed by atoms with Gasteiger partial charge in [0.2, 0.25) is 0 Å². The zero-order valence-corrected chi connectivity index (χ0v) is 15.1. The maximum atomic E-state index is 5.58. The van der Waals surface area contributed by atoms with Crippen LogP contribution in [-0.4, -0.2) is 51.7 Å². The van der Waals surface area contributed by atoms with Gasteiger partial charge in [-0.15, -0.1) is 0 Å². The highest BCUT2D eigenvalue weighted by molar-refractivity contribution is 4.69. The molecule has 0 radical (unpaired) electrons. The van der Waals surface area contributed by atoms with Gasteiger partial charge in [-0.25, -0.2) is 0 Å². The van der Waals surface area contributed by atoms with Crippen molar-refractivity contribution in [2.24, 2.45) is 5.41 Å². The molecule has 0 fully saturated rings. The van der Waals surface area contributed by atoms with Crippen molar-refractivity contribution in [1.29, 1.82) is 0 Å². The van der Waals surface area contributed by atoms with Gasteiger partial charge in [-0.3, -0.25) is 0 Å². The van der Waals surface area contributed by atoms with E-state index in [2.05, 4.69) is 46.9 Å². The maximum Gasteiger partial charge on any atom is 0.0701 e. The molecule has 0 aromatic carbocycles. The number of hydrogen-bond donors (Lipinski definition) is 1. The Labute approximate surface area is 131 Å². The van der Waals surface area contributed by atoms with Crippen LogP contribution in [0.5, 0.6) is 0 Å². The first-order valence-electron chi connectivity index (χ1n) is 8.25. The molecule has 0 saturated heterocycles. The molecular weight excluding hydrogens is 266 g/mol. The highest BCUT2D eigenvalue weighted by Gasteiger charge is 2.13. The Morgan fingerprint density at radius 1 is 0.714 bits per heavy atom. The van der Waals surface area contributed by atoms with E-state index in [9.17, 15) is 0 Å². The third-order valence-corrected chi connectivity index (χ3v) is 3.53. The highest BCUT2D eigenvalue weighted by atomic mass is 16.5. The minimum absolute atomic E-state index is 0.156. The molecule has 0 bridgehead atoms. The molecule has 0 aliphatic rings. The molecular formula is C17H37NO3. The van der Waals surface area contributed by atoms with Crippen LogP contribution in [0.25, 0.3) is 0 Å². The Kier molecular flexibility index (Phi) is 11.3. The van der Waals surface area contributed by atoms with Gasteiger partial charge in [-0.2, -0.15) is 0 Å². The quantitative estimate of drug-likeness (QED) is 0.530. The SMILES string of the molecule is CCC(C)(C)CCOCCOCCOCCNC(C)(C)C. The summed E-state index contributed by atoms with van der Waals surface area (Å²) in [6, 6.07) is 0. The van der Waals surface area contributed by atoms with Gasteiger partial charge >= 0.3 is 0 Å². The van der Waals surface area contributed by atoms with Crippen molar-refractivity contribution < 1.29 is 14.2 Å². The van der Waals surface area contributed by atoms with Crippen LogP contribution in [-0.2, 0) is 14.2 Å². The molecule has 21 heavy (non-hydrogen) atoms.